The molecule has 0 saturated carbocycles. The Morgan fingerprint density at radius 1 is 1.19 bits per heavy atom. The van der Waals surface area contributed by atoms with Gasteiger partial charge in [0.1, 0.15) is 0 Å². The van der Waals surface area contributed by atoms with E-state index in [0.29, 0.717) is 5.95 Å². The summed E-state index contributed by atoms with van der Waals surface area (Å²) in [6, 6.07) is 1.88. The van der Waals surface area contributed by atoms with Crippen molar-refractivity contribution in [2.24, 2.45) is 0 Å². The summed E-state index contributed by atoms with van der Waals surface area (Å²) in [4.78, 5) is 11.0. The Morgan fingerprint density at radius 2 is 2.05 bits per heavy atom. The van der Waals surface area contributed by atoms with Crippen LogP contribution in [0.2, 0.25) is 0 Å². The van der Waals surface area contributed by atoms with Gasteiger partial charge in [-0.3, -0.25) is 4.68 Å². The largest absolute Gasteiger partial charge is 0.321 e. The Hall–Kier alpha value is -1.95. The molecule has 0 unspecified atom stereocenters. The standard InChI is InChI=1S/C15H22N6/c1-13-5-6-16-15(18-13)19-14-11-17-21(12-14)10-9-20-7-3-2-4-8-20/h5-6,11-12H,2-4,7-10H2,1H3,(H,16,18,19). The quantitative estimate of drug-likeness (QED) is 0.913. The van der Waals surface area contributed by atoms with Crippen LogP contribution in [0.15, 0.2) is 24.7 Å². The number of anilines is 2. The third-order valence-corrected chi connectivity index (χ3v) is 3.78. The number of nitrogens with zero attached hydrogens (tertiary/aromatic N) is 5. The van der Waals surface area contributed by atoms with Crippen LogP contribution in [0.4, 0.5) is 11.6 Å². The normalized spacial score (nSPS) is 16.0. The van der Waals surface area contributed by atoms with Gasteiger partial charge in [0.2, 0.25) is 5.95 Å². The van der Waals surface area contributed by atoms with Crippen LogP contribution in [0.5, 0.6) is 0 Å². The minimum absolute atomic E-state index is 0.616. The van der Waals surface area contributed by atoms with Crippen molar-refractivity contribution in [3.8, 4) is 0 Å². The number of rotatable bonds is 5. The van der Waals surface area contributed by atoms with E-state index in [1.165, 1.54) is 32.4 Å². The number of aryl methyl sites for hydroxylation is 1. The molecule has 1 saturated heterocycles. The van der Waals surface area contributed by atoms with E-state index in [2.05, 4.69) is 25.3 Å². The molecule has 0 radical (unpaired) electrons. The van der Waals surface area contributed by atoms with Crippen LogP contribution in [0.1, 0.15) is 25.0 Å². The number of aromatic nitrogens is 4. The zero-order chi connectivity index (χ0) is 14.5. The molecular weight excluding hydrogens is 264 g/mol. The van der Waals surface area contributed by atoms with Crippen molar-refractivity contribution in [1.29, 1.82) is 0 Å². The van der Waals surface area contributed by atoms with E-state index < -0.39 is 0 Å². The molecule has 21 heavy (non-hydrogen) atoms. The second-order valence-electron chi connectivity index (χ2n) is 5.54. The maximum atomic E-state index is 4.39. The van der Waals surface area contributed by atoms with E-state index in [1.807, 2.05) is 30.1 Å². The van der Waals surface area contributed by atoms with Crippen LogP contribution in [0.25, 0.3) is 0 Å². The summed E-state index contributed by atoms with van der Waals surface area (Å²) >= 11 is 0. The lowest BCUT2D eigenvalue weighted by Gasteiger charge is -2.26. The van der Waals surface area contributed by atoms with Crippen molar-refractivity contribution in [3.05, 3.63) is 30.4 Å². The highest BCUT2D eigenvalue weighted by Crippen LogP contribution is 2.12. The molecule has 0 amide bonds. The highest BCUT2D eigenvalue weighted by Gasteiger charge is 2.10. The molecule has 3 heterocycles. The summed E-state index contributed by atoms with van der Waals surface area (Å²) in [5, 5.41) is 7.58. The molecule has 0 spiro atoms. The topological polar surface area (TPSA) is 58.9 Å². The average molecular weight is 286 g/mol. The summed E-state index contributed by atoms with van der Waals surface area (Å²) in [5.74, 6) is 0.616. The molecule has 112 valence electrons. The summed E-state index contributed by atoms with van der Waals surface area (Å²) in [6.07, 6.45) is 9.62. The van der Waals surface area contributed by atoms with E-state index in [-0.39, 0.29) is 0 Å². The number of hydrogen-bond donors (Lipinski definition) is 1. The lowest BCUT2D eigenvalue weighted by Crippen LogP contribution is -2.32. The number of piperidine rings is 1. The SMILES string of the molecule is Cc1ccnc(Nc2cnn(CCN3CCCCC3)c2)n1. The maximum absolute atomic E-state index is 4.39. The van der Waals surface area contributed by atoms with Crippen molar-refractivity contribution in [2.45, 2.75) is 32.7 Å². The van der Waals surface area contributed by atoms with Gasteiger partial charge in [0.15, 0.2) is 0 Å². The van der Waals surface area contributed by atoms with Gasteiger partial charge in [0, 0.05) is 24.6 Å². The lowest BCUT2D eigenvalue weighted by atomic mass is 10.1. The summed E-state index contributed by atoms with van der Waals surface area (Å²) in [6.45, 7) is 6.40. The molecule has 1 aliphatic heterocycles. The first-order valence-corrected chi connectivity index (χ1v) is 7.61. The highest BCUT2D eigenvalue weighted by atomic mass is 15.3. The monoisotopic (exact) mass is 286 g/mol. The summed E-state index contributed by atoms with van der Waals surface area (Å²) in [5.41, 5.74) is 1.88. The molecule has 0 atom stereocenters. The molecular formula is C15H22N6. The summed E-state index contributed by atoms with van der Waals surface area (Å²) < 4.78 is 1.98. The smallest absolute Gasteiger partial charge is 0.227 e. The van der Waals surface area contributed by atoms with Gasteiger partial charge in [-0.1, -0.05) is 6.42 Å². The first kappa shape index (κ1) is 14.0. The molecule has 2 aromatic heterocycles. The Kier molecular flexibility index (Phi) is 4.45. The minimum atomic E-state index is 0.616. The van der Waals surface area contributed by atoms with E-state index in [4.69, 9.17) is 0 Å². The van der Waals surface area contributed by atoms with Crippen LogP contribution < -0.4 is 5.32 Å². The Balaban J connectivity index is 1.53. The molecule has 0 bridgehead atoms. The molecule has 1 N–H and O–H groups in total. The molecule has 6 nitrogen and oxygen atoms in total. The van der Waals surface area contributed by atoms with E-state index in [9.17, 15) is 0 Å². The maximum Gasteiger partial charge on any atom is 0.227 e. The molecule has 2 aromatic rings. The zero-order valence-electron chi connectivity index (χ0n) is 12.5. The lowest BCUT2D eigenvalue weighted by molar-refractivity contribution is 0.218. The second kappa shape index (κ2) is 6.67. The Labute approximate surface area is 125 Å². The second-order valence-corrected chi connectivity index (χ2v) is 5.54. The molecule has 1 aliphatic rings. The molecule has 0 aromatic carbocycles. The van der Waals surface area contributed by atoms with E-state index in [0.717, 1.165) is 24.5 Å². The van der Waals surface area contributed by atoms with Gasteiger partial charge in [0.25, 0.3) is 0 Å². The van der Waals surface area contributed by atoms with Gasteiger partial charge in [0.05, 0.1) is 18.4 Å². The molecule has 1 fully saturated rings. The fraction of sp³-hybridized carbons (Fsp3) is 0.533. The zero-order valence-corrected chi connectivity index (χ0v) is 12.5. The average Bonchev–Trinajstić information content (AvgIpc) is 2.94. The Bertz CT molecular complexity index is 573. The first-order valence-electron chi connectivity index (χ1n) is 7.61. The third-order valence-electron chi connectivity index (χ3n) is 3.78. The van der Waals surface area contributed by atoms with Gasteiger partial charge in [-0.05, 0) is 38.9 Å². The van der Waals surface area contributed by atoms with Gasteiger partial charge in [-0.25, -0.2) is 9.97 Å². The molecule has 6 heteroatoms. The minimum Gasteiger partial charge on any atom is -0.321 e. The molecule has 0 aliphatic carbocycles. The van der Waals surface area contributed by atoms with Crippen molar-refractivity contribution in [2.75, 3.05) is 25.0 Å². The van der Waals surface area contributed by atoms with Crippen LogP contribution in [-0.4, -0.2) is 44.3 Å². The van der Waals surface area contributed by atoms with Gasteiger partial charge in [-0.15, -0.1) is 0 Å². The fourth-order valence-electron chi connectivity index (χ4n) is 2.62. The predicted octanol–water partition coefficient (Wildman–Crippen LogP) is 2.21. The number of nitrogens with one attached hydrogen (secondary N) is 1. The van der Waals surface area contributed by atoms with Crippen molar-refractivity contribution < 1.29 is 0 Å². The van der Waals surface area contributed by atoms with Crippen LogP contribution >= 0.6 is 0 Å². The van der Waals surface area contributed by atoms with Crippen molar-refractivity contribution in [3.63, 3.8) is 0 Å². The molecule has 3 rings (SSSR count). The highest BCUT2D eigenvalue weighted by molar-refractivity contribution is 5.50. The van der Waals surface area contributed by atoms with Crippen molar-refractivity contribution in [1.82, 2.24) is 24.6 Å². The van der Waals surface area contributed by atoms with Crippen molar-refractivity contribution >= 4 is 11.6 Å². The number of hydrogen-bond acceptors (Lipinski definition) is 5. The fourth-order valence-corrected chi connectivity index (χ4v) is 2.62. The Morgan fingerprint density at radius 3 is 2.86 bits per heavy atom. The van der Waals surface area contributed by atoms with Crippen LogP contribution in [-0.2, 0) is 6.54 Å². The predicted molar refractivity (Wildman–Crippen MR) is 82.6 cm³/mol. The van der Waals surface area contributed by atoms with Crippen LogP contribution in [0, 0.1) is 6.92 Å². The van der Waals surface area contributed by atoms with E-state index in [1.54, 1.807) is 6.20 Å². The first-order chi connectivity index (χ1) is 10.3. The van der Waals surface area contributed by atoms with Gasteiger partial charge >= 0.3 is 0 Å². The summed E-state index contributed by atoms with van der Waals surface area (Å²) in [7, 11) is 0. The van der Waals surface area contributed by atoms with Crippen LogP contribution in [0.3, 0.4) is 0 Å². The van der Waals surface area contributed by atoms with Gasteiger partial charge in [-0.2, -0.15) is 5.10 Å². The third kappa shape index (κ3) is 4.01. The van der Waals surface area contributed by atoms with Gasteiger partial charge < -0.3 is 10.2 Å². The van der Waals surface area contributed by atoms with E-state index >= 15 is 0 Å². The number of likely N-dealkylation sites (tertiary alicyclic amines) is 1.